The Bertz CT molecular complexity index is 2810. The number of aromatic nitrogens is 1. The average Bonchev–Trinajstić information content (AvgIpc) is 3.76. The van der Waals surface area contributed by atoms with Crippen molar-refractivity contribution in [1.29, 1.82) is 0 Å². The Morgan fingerprint density at radius 1 is 0.412 bits per heavy atom. The molecule has 0 bridgehead atoms. The molecule has 0 spiro atoms. The van der Waals surface area contributed by atoms with E-state index in [2.05, 4.69) is 204 Å². The van der Waals surface area contributed by atoms with Crippen molar-refractivity contribution in [2.24, 2.45) is 0 Å². The molecule has 0 saturated heterocycles. The first-order chi connectivity index (χ1) is 25.3. The van der Waals surface area contributed by atoms with E-state index in [1.165, 1.54) is 64.2 Å². The molecule has 240 valence electrons. The minimum Gasteiger partial charge on any atom is -0.310 e. The van der Waals surface area contributed by atoms with E-state index in [9.17, 15) is 0 Å². The summed E-state index contributed by atoms with van der Waals surface area (Å²) in [5.74, 6) is 0. The van der Waals surface area contributed by atoms with E-state index in [1.54, 1.807) is 0 Å². The second-order valence-corrected chi connectivity index (χ2v) is 14.0. The zero-order valence-corrected chi connectivity index (χ0v) is 28.6. The number of nitrogens with zero attached hydrogens (tertiary/aromatic N) is 2. The van der Waals surface area contributed by atoms with Gasteiger partial charge in [0.25, 0.3) is 0 Å². The maximum absolute atomic E-state index is 2.50. The van der Waals surface area contributed by atoms with E-state index in [0.717, 1.165) is 22.7 Å². The van der Waals surface area contributed by atoms with E-state index in [0.29, 0.717) is 0 Å². The summed E-state index contributed by atoms with van der Waals surface area (Å²) >= 11 is 1.88. The Balaban J connectivity index is 1.31. The second kappa shape index (κ2) is 12.2. The van der Waals surface area contributed by atoms with Crippen LogP contribution in [0, 0.1) is 0 Å². The normalized spacial score (nSPS) is 11.5. The minimum absolute atomic E-state index is 1.12. The van der Waals surface area contributed by atoms with Crippen LogP contribution in [0.25, 0.3) is 69.9 Å². The standard InChI is InChI=1S/C48H32N2S/c1-4-16-33(17-5-1)34-30-31-37(39-24-14-25-40-38-22-11-13-29-46(38)51-48(39)40)45(32-34)50-42-26-12-10-23-41(42)47-43(27-15-28-44(47)50)49(35-18-6-2-7-19-35)36-20-8-3-9-21-36/h1-32H. The molecule has 0 N–H and O–H groups in total. The predicted octanol–water partition coefficient (Wildman–Crippen LogP) is 14.0. The number of hydrogen-bond donors (Lipinski definition) is 0. The summed E-state index contributed by atoms with van der Waals surface area (Å²) in [6.07, 6.45) is 0. The molecule has 10 aromatic rings. The van der Waals surface area contributed by atoms with E-state index < -0.39 is 0 Å². The summed E-state index contributed by atoms with van der Waals surface area (Å²) in [5, 5.41) is 5.05. The Morgan fingerprint density at radius 3 is 1.78 bits per heavy atom. The van der Waals surface area contributed by atoms with Crippen molar-refractivity contribution < 1.29 is 0 Å². The molecule has 2 aromatic heterocycles. The van der Waals surface area contributed by atoms with Crippen molar-refractivity contribution in [1.82, 2.24) is 4.57 Å². The van der Waals surface area contributed by atoms with Crippen LogP contribution < -0.4 is 4.90 Å². The number of benzene rings is 8. The predicted molar refractivity (Wildman–Crippen MR) is 219 cm³/mol. The van der Waals surface area contributed by atoms with Crippen LogP contribution in [-0.2, 0) is 0 Å². The molecule has 0 radical (unpaired) electrons. The number of rotatable bonds is 6. The highest BCUT2D eigenvalue weighted by molar-refractivity contribution is 7.26. The van der Waals surface area contributed by atoms with Gasteiger partial charge in [-0.1, -0.05) is 140 Å². The number of thiophene rings is 1. The number of para-hydroxylation sites is 3. The lowest BCUT2D eigenvalue weighted by Gasteiger charge is -2.26. The van der Waals surface area contributed by atoms with Crippen LogP contribution in [0.5, 0.6) is 0 Å². The van der Waals surface area contributed by atoms with E-state index in [-0.39, 0.29) is 0 Å². The second-order valence-electron chi connectivity index (χ2n) is 12.9. The maximum atomic E-state index is 2.50. The smallest absolute Gasteiger partial charge is 0.0562 e. The molecule has 8 aromatic carbocycles. The Morgan fingerprint density at radius 2 is 1.02 bits per heavy atom. The summed E-state index contributed by atoms with van der Waals surface area (Å²) in [7, 11) is 0. The number of hydrogen-bond acceptors (Lipinski definition) is 2. The Labute approximate surface area is 300 Å². The van der Waals surface area contributed by atoms with Gasteiger partial charge in [0.15, 0.2) is 0 Å². The lowest BCUT2D eigenvalue weighted by atomic mass is 9.96. The summed E-state index contributed by atoms with van der Waals surface area (Å²) in [5.41, 5.74) is 11.7. The van der Waals surface area contributed by atoms with Crippen LogP contribution in [0.2, 0.25) is 0 Å². The fourth-order valence-electron chi connectivity index (χ4n) is 7.74. The molecule has 0 aliphatic rings. The van der Waals surface area contributed by atoms with Crippen molar-refractivity contribution in [3.05, 3.63) is 194 Å². The third kappa shape index (κ3) is 4.85. The topological polar surface area (TPSA) is 8.17 Å². The van der Waals surface area contributed by atoms with Gasteiger partial charge in [-0.25, -0.2) is 0 Å². The molecule has 0 unspecified atom stereocenters. The van der Waals surface area contributed by atoms with Gasteiger partial charge in [0.05, 0.1) is 22.4 Å². The van der Waals surface area contributed by atoms with E-state index in [1.807, 2.05) is 11.3 Å². The Kier molecular flexibility index (Phi) is 7.04. The average molecular weight is 669 g/mol. The molecular formula is C48H32N2S. The molecule has 51 heavy (non-hydrogen) atoms. The van der Waals surface area contributed by atoms with Crippen molar-refractivity contribution in [2.75, 3.05) is 4.90 Å². The quantitative estimate of drug-likeness (QED) is 0.171. The highest BCUT2D eigenvalue weighted by Crippen LogP contribution is 2.47. The highest BCUT2D eigenvalue weighted by atomic mass is 32.1. The molecule has 2 nitrogen and oxygen atoms in total. The molecule has 3 heteroatoms. The molecule has 0 amide bonds. The third-order valence-corrected chi connectivity index (χ3v) is 11.2. The first-order valence-electron chi connectivity index (χ1n) is 17.4. The van der Waals surface area contributed by atoms with E-state index in [4.69, 9.17) is 0 Å². The number of fused-ring (bicyclic) bond motifs is 6. The van der Waals surface area contributed by atoms with Crippen molar-refractivity contribution in [2.45, 2.75) is 0 Å². The van der Waals surface area contributed by atoms with Crippen molar-refractivity contribution in [3.8, 4) is 27.9 Å². The van der Waals surface area contributed by atoms with Crippen LogP contribution in [0.15, 0.2) is 194 Å². The van der Waals surface area contributed by atoms with Gasteiger partial charge in [-0.3, -0.25) is 0 Å². The van der Waals surface area contributed by atoms with Gasteiger partial charge in [-0.05, 0) is 65.7 Å². The molecular weight excluding hydrogens is 637 g/mol. The lowest BCUT2D eigenvalue weighted by molar-refractivity contribution is 1.18. The van der Waals surface area contributed by atoms with Crippen LogP contribution in [0.4, 0.5) is 17.1 Å². The van der Waals surface area contributed by atoms with Gasteiger partial charge in [0.2, 0.25) is 0 Å². The molecule has 0 fully saturated rings. The summed E-state index contributed by atoms with van der Waals surface area (Å²) in [4.78, 5) is 2.39. The van der Waals surface area contributed by atoms with Crippen LogP contribution >= 0.6 is 11.3 Å². The van der Waals surface area contributed by atoms with Crippen LogP contribution in [0.3, 0.4) is 0 Å². The van der Waals surface area contributed by atoms with E-state index >= 15 is 0 Å². The SMILES string of the molecule is c1ccc(-c2ccc(-c3cccc4c3sc3ccccc34)c(-n3c4ccccc4c4c(N(c5ccccc5)c5ccccc5)cccc43)c2)cc1. The van der Waals surface area contributed by atoms with Crippen LogP contribution in [0.1, 0.15) is 0 Å². The van der Waals surface area contributed by atoms with Crippen molar-refractivity contribution in [3.63, 3.8) is 0 Å². The van der Waals surface area contributed by atoms with Gasteiger partial charge >= 0.3 is 0 Å². The summed E-state index contributed by atoms with van der Waals surface area (Å²) in [6.45, 7) is 0. The first-order valence-corrected chi connectivity index (χ1v) is 18.2. The molecule has 0 saturated carbocycles. The summed E-state index contributed by atoms with van der Waals surface area (Å²) < 4.78 is 5.12. The largest absolute Gasteiger partial charge is 0.310 e. The molecule has 2 heterocycles. The molecule has 10 rings (SSSR count). The maximum Gasteiger partial charge on any atom is 0.0562 e. The minimum atomic E-state index is 1.12. The first kappa shape index (κ1) is 29.5. The zero-order chi connectivity index (χ0) is 33.7. The number of anilines is 3. The van der Waals surface area contributed by atoms with Gasteiger partial charge < -0.3 is 9.47 Å². The molecule has 0 aliphatic heterocycles. The Hall–Kier alpha value is -6.42. The van der Waals surface area contributed by atoms with Gasteiger partial charge in [0.1, 0.15) is 0 Å². The zero-order valence-electron chi connectivity index (χ0n) is 27.8. The van der Waals surface area contributed by atoms with Gasteiger partial charge in [-0.15, -0.1) is 11.3 Å². The van der Waals surface area contributed by atoms with Crippen molar-refractivity contribution >= 4 is 70.4 Å². The molecule has 0 aliphatic carbocycles. The highest BCUT2D eigenvalue weighted by Gasteiger charge is 2.23. The fraction of sp³-hybridized carbons (Fsp3) is 0. The summed E-state index contributed by atoms with van der Waals surface area (Å²) in [6, 6.07) is 70.3. The van der Waals surface area contributed by atoms with Gasteiger partial charge in [-0.2, -0.15) is 0 Å². The molecule has 0 atom stereocenters. The third-order valence-electron chi connectivity index (χ3n) is 9.99. The fourth-order valence-corrected chi connectivity index (χ4v) is 8.97. The monoisotopic (exact) mass is 668 g/mol. The van der Waals surface area contributed by atoms with Crippen LogP contribution in [-0.4, -0.2) is 4.57 Å². The lowest BCUT2D eigenvalue weighted by Crippen LogP contribution is -2.10. The van der Waals surface area contributed by atoms with Gasteiger partial charge in [0, 0.05) is 53.4 Å².